The second-order valence-electron chi connectivity index (χ2n) is 2.35. The van der Waals surface area contributed by atoms with E-state index < -0.39 is 23.1 Å². The number of hydrogen-bond acceptors (Lipinski definition) is 2. The molecule has 0 amide bonds. The Hall–Kier alpha value is -1.52. The molecule has 0 heterocycles. The van der Waals surface area contributed by atoms with Crippen LogP contribution in [0.3, 0.4) is 0 Å². The summed E-state index contributed by atoms with van der Waals surface area (Å²) < 4.78 is 36.4. The average molecular weight is 190 g/mol. The van der Waals surface area contributed by atoms with E-state index in [0.29, 0.717) is 0 Å². The lowest BCUT2D eigenvalue weighted by atomic mass is 10.1. The molecule has 0 aliphatic rings. The van der Waals surface area contributed by atoms with Crippen LogP contribution in [0.5, 0.6) is 5.75 Å². The Morgan fingerprint density at radius 1 is 1.31 bits per heavy atom. The first-order chi connectivity index (χ1) is 5.96. The number of halogens is 3. The standard InChI is InChI=1S/C8H5F3O2/c9-8(10,11)6-2-1-3-7(13)5(6)4-12/h1-4,13H. The van der Waals surface area contributed by atoms with Crippen molar-refractivity contribution in [2.45, 2.75) is 6.18 Å². The number of benzene rings is 1. The summed E-state index contributed by atoms with van der Waals surface area (Å²) in [6.45, 7) is 0. The van der Waals surface area contributed by atoms with Gasteiger partial charge in [0, 0.05) is 0 Å². The van der Waals surface area contributed by atoms with Crippen LogP contribution in [-0.4, -0.2) is 11.4 Å². The van der Waals surface area contributed by atoms with Crippen molar-refractivity contribution in [3.63, 3.8) is 0 Å². The number of hydrogen-bond donors (Lipinski definition) is 1. The van der Waals surface area contributed by atoms with E-state index in [0.717, 1.165) is 18.2 Å². The van der Waals surface area contributed by atoms with Crippen molar-refractivity contribution in [2.24, 2.45) is 0 Å². The van der Waals surface area contributed by atoms with Gasteiger partial charge in [-0.1, -0.05) is 6.07 Å². The smallest absolute Gasteiger partial charge is 0.417 e. The van der Waals surface area contributed by atoms with Gasteiger partial charge >= 0.3 is 6.18 Å². The highest BCUT2D eigenvalue weighted by atomic mass is 19.4. The molecule has 0 radical (unpaired) electrons. The van der Waals surface area contributed by atoms with Gasteiger partial charge in [-0.15, -0.1) is 0 Å². The third kappa shape index (κ3) is 1.80. The molecular formula is C8H5F3O2. The first kappa shape index (κ1) is 9.57. The molecule has 13 heavy (non-hydrogen) atoms. The Kier molecular flexibility index (Phi) is 2.27. The Balaban J connectivity index is 3.37. The van der Waals surface area contributed by atoms with E-state index in [9.17, 15) is 18.0 Å². The number of carbonyl (C=O) groups excluding carboxylic acids is 1. The van der Waals surface area contributed by atoms with Crippen molar-refractivity contribution < 1.29 is 23.1 Å². The minimum absolute atomic E-state index is 0.0157. The fourth-order valence-corrected chi connectivity index (χ4v) is 0.924. The van der Waals surface area contributed by atoms with Crippen molar-refractivity contribution in [3.8, 4) is 5.75 Å². The molecule has 0 atom stereocenters. The van der Waals surface area contributed by atoms with Crippen molar-refractivity contribution in [1.29, 1.82) is 0 Å². The molecule has 1 N–H and O–H groups in total. The molecule has 0 aromatic heterocycles. The third-order valence-corrected chi connectivity index (χ3v) is 1.51. The van der Waals surface area contributed by atoms with Crippen molar-refractivity contribution in [1.82, 2.24) is 0 Å². The third-order valence-electron chi connectivity index (χ3n) is 1.51. The molecule has 1 rings (SSSR count). The molecule has 0 unspecified atom stereocenters. The largest absolute Gasteiger partial charge is 0.507 e. The lowest BCUT2D eigenvalue weighted by Gasteiger charge is -2.09. The minimum atomic E-state index is -4.62. The number of phenolic OH excluding ortho intramolecular Hbond substituents is 1. The van der Waals surface area contributed by atoms with E-state index in [2.05, 4.69) is 0 Å². The predicted molar refractivity (Wildman–Crippen MR) is 38.5 cm³/mol. The Labute approximate surface area is 71.6 Å². The van der Waals surface area contributed by atoms with Gasteiger partial charge in [0.05, 0.1) is 11.1 Å². The summed E-state index contributed by atoms with van der Waals surface area (Å²) in [4.78, 5) is 10.2. The van der Waals surface area contributed by atoms with E-state index in [4.69, 9.17) is 5.11 Å². The van der Waals surface area contributed by atoms with Crippen LogP contribution >= 0.6 is 0 Å². The van der Waals surface area contributed by atoms with Crippen LogP contribution in [-0.2, 0) is 6.18 Å². The van der Waals surface area contributed by atoms with Gasteiger partial charge in [0.2, 0.25) is 0 Å². The molecule has 0 saturated carbocycles. The molecule has 1 aromatic rings. The summed E-state index contributed by atoms with van der Waals surface area (Å²) in [5, 5.41) is 8.92. The summed E-state index contributed by atoms with van der Waals surface area (Å²) in [5.74, 6) is -0.662. The number of alkyl halides is 3. The fourth-order valence-electron chi connectivity index (χ4n) is 0.924. The maximum atomic E-state index is 12.1. The van der Waals surface area contributed by atoms with Crippen LogP contribution in [0.4, 0.5) is 13.2 Å². The van der Waals surface area contributed by atoms with Gasteiger partial charge in [-0.3, -0.25) is 4.79 Å². The van der Waals surface area contributed by atoms with Gasteiger partial charge < -0.3 is 5.11 Å². The quantitative estimate of drug-likeness (QED) is 0.689. The van der Waals surface area contributed by atoms with Gasteiger partial charge in [0.25, 0.3) is 0 Å². The molecule has 0 aliphatic carbocycles. The summed E-state index contributed by atoms with van der Waals surface area (Å²) >= 11 is 0. The van der Waals surface area contributed by atoms with E-state index in [1.165, 1.54) is 0 Å². The summed E-state index contributed by atoms with van der Waals surface area (Å²) in [5.41, 5.74) is -1.85. The van der Waals surface area contributed by atoms with E-state index in [1.807, 2.05) is 0 Å². The monoisotopic (exact) mass is 190 g/mol. The average Bonchev–Trinajstić information content (AvgIpc) is 2.02. The zero-order chi connectivity index (χ0) is 10.1. The van der Waals surface area contributed by atoms with Gasteiger partial charge in [0.1, 0.15) is 5.75 Å². The van der Waals surface area contributed by atoms with Crippen molar-refractivity contribution in [3.05, 3.63) is 29.3 Å². The Morgan fingerprint density at radius 2 is 1.92 bits per heavy atom. The molecule has 1 aromatic carbocycles. The highest BCUT2D eigenvalue weighted by Gasteiger charge is 2.34. The van der Waals surface area contributed by atoms with Gasteiger partial charge in [0.15, 0.2) is 6.29 Å². The topological polar surface area (TPSA) is 37.3 Å². The van der Waals surface area contributed by atoms with Gasteiger partial charge in [-0.2, -0.15) is 13.2 Å². The number of aldehydes is 1. The number of aromatic hydroxyl groups is 1. The molecular weight excluding hydrogens is 185 g/mol. The molecule has 0 saturated heterocycles. The maximum Gasteiger partial charge on any atom is 0.417 e. The summed E-state index contributed by atoms with van der Waals surface area (Å²) in [6, 6.07) is 2.80. The highest BCUT2D eigenvalue weighted by molar-refractivity contribution is 5.81. The fraction of sp³-hybridized carbons (Fsp3) is 0.125. The number of rotatable bonds is 1. The number of carbonyl (C=O) groups is 1. The zero-order valence-corrected chi connectivity index (χ0v) is 6.30. The lowest BCUT2D eigenvalue weighted by Crippen LogP contribution is -2.08. The van der Waals surface area contributed by atoms with E-state index in [1.54, 1.807) is 0 Å². The molecule has 0 spiro atoms. The molecule has 5 heteroatoms. The predicted octanol–water partition coefficient (Wildman–Crippen LogP) is 2.22. The minimum Gasteiger partial charge on any atom is -0.507 e. The first-order valence-corrected chi connectivity index (χ1v) is 3.31. The lowest BCUT2D eigenvalue weighted by molar-refractivity contribution is -0.137. The Bertz CT molecular complexity index is 331. The summed E-state index contributed by atoms with van der Waals surface area (Å²) in [6.07, 6.45) is -4.63. The number of phenols is 1. The SMILES string of the molecule is O=Cc1c(O)cccc1C(F)(F)F. The molecule has 70 valence electrons. The van der Waals surface area contributed by atoms with Crippen molar-refractivity contribution in [2.75, 3.05) is 0 Å². The van der Waals surface area contributed by atoms with E-state index in [-0.39, 0.29) is 6.29 Å². The van der Waals surface area contributed by atoms with Crippen LogP contribution < -0.4 is 0 Å². The van der Waals surface area contributed by atoms with Crippen LogP contribution in [0.2, 0.25) is 0 Å². The maximum absolute atomic E-state index is 12.1. The van der Waals surface area contributed by atoms with E-state index >= 15 is 0 Å². The zero-order valence-electron chi connectivity index (χ0n) is 6.30. The first-order valence-electron chi connectivity index (χ1n) is 3.31. The van der Waals surface area contributed by atoms with Crippen LogP contribution in [0.15, 0.2) is 18.2 Å². The van der Waals surface area contributed by atoms with Crippen molar-refractivity contribution >= 4 is 6.29 Å². The van der Waals surface area contributed by atoms with Crippen LogP contribution in [0.1, 0.15) is 15.9 Å². The van der Waals surface area contributed by atoms with Crippen LogP contribution in [0.25, 0.3) is 0 Å². The van der Waals surface area contributed by atoms with Crippen LogP contribution in [0, 0.1) is 0 Å². The Morgan fingerprint density at radius 3 is 2.31 bits per heavy atom. The van der Waals surface area contributed by atoms with Gasteiger partial charge in [-0.05, 0) is 12.1 Å². The summed E-state index contributed by atoms with van der Waals surface area (Å²) in [7, 11) is 0. The highest BCUT2D eigenvalue weighted by Crippen LogP contribution is 2.34. The molecule has 0 fully saturated rings. The second-order valence-corrected chi connectivity index (χ2v) is 2.35. The molecule has 2 nitrogen and oxygen atoms in total. The molecule has 0 bridgehead atoms. The van der Waals surface area contributed by atoms with Gasteiger partial charge in [-0.25, -0.2) is 0 Å². The molecule has 0 aliphatic heterocycles. The normalized spacial score (nSPS) is 11.3. The second kappa shape index (κ2) is 3.08.